The second-order valence-corrected chi connectivity index (χ2v) is 3.29. The summed E-state index contributed by atoms with van der Waals surface area (Å²) in [5.41, 5.74) is 1.35. The zero-order valence-electron chi connectivity index (χ0n) is 8.87. The molecule has 0 bridgehead atoms. The van der Waals surface area contributed by atoms with Gasteiger partial charge in [-0.1, -0.05) is 6.07 Å². The van der Waals surface area contributed by atoms with E-state index in [-0.39, 0.29) is 0 Å². The van der Waals surface area contributed by atoms with Crippen LogP contribution in [-0.2, 0) is 0 Å². The van der Waals surface area contributed by atoms with E-state index in [0.29, 0.717) is 17.0 Å². The van der Waals surface area contributed by atoms with Gasteiger partial charge in [0.2, 0.25) is 5.88 Å². The number of aromatic nitrogens is 2. The third-order valence-corrected chi connectivity index (χ3v) is 2.29. The average molecular weight is 216 g/mol. The van der Waals surface area contributed by atoms with Crippen LogP contribution in [0, 0.1) is 0 Å². The lowest BCUT2D eigenvalue weighted by atomic mass is 10.0. The number of pyridine rings is 2. The van der Waals surface area contributed by atoms with Crippen LogP contribution in [0.5, 0.6) is 5.88 Å². The zero-order chi connectivity index (χ0) is 11.4. The molecule has 82 valence electrons. The summed E-state index contributed by atoms with van der Waals surface area (Å²) in [6.45, 7) is 0. The van der Waals surface area contributed by atoms with Crippen LogP contribution in [0.1, 0.15) is 17.2 Å². The SMILES string of the molecule is COc1ncccc1C(O)c1cccnc1. The Kier molecular flexibility index (Phi) is 3.12. The molecule has 1 atom stereocenters. The first-order valence-corrected chi connectivity index (χ1v) is 4.90. The van der Waals surface area contributed by atoms with Crippen molar-refractivity contribution in [1.82, 2.24) is 9.97 Å². The number of ether oxygens (including phenoxy) is 1. The molecule has 0 aromatic carbocycles. The molecule has 0 amide bonds. The molecule has 0 saturated heterocycles. The van der Waals surface area contributed by atoms with Crippen LogP contribution in [-0.4, -0.2) is 22.2 Å². The molecular formula is C12H12N2O2. The Hall–Kier alpha value is -1.94. The lowest BCUT2D eigenvalue weighted by Gasteiger charge is -2.13. The van der Waals surface area contributed by atoms with Crippen LogP contribution in [0.2, 0.25) is 0 Å². The van der Waals surface area contributed by atoms with Gasteiger partial charge in [0.15, 0.2) is 0 Å². The maximum atomic E-state index is 10.1. The summed E-state index contributed by atoms with van der Waals surface area (Å²) in [5.74, 6) is 0.429. The number of hydrogen-bond donors (Lipinski definition) is 1. The van der Waals surface area contributed by atoms with Crippen molar-refractivity contribution in [2.45, 2.75) is 6.10 Å². The fraction of sp³-hybridized carbons (Fsp3) is 0.167. The van der Waals surface area contributed by atoms with Crippen molar-refractivity contribution in [1.29, 1.82) is 0 Å². The minimum Gasteiger partial charge on any atom is -0.481 e. The molecule has 0 saturated carbocycles. The highest BCUT2D eigenvalue weighted by Gasteiger charge is 2.15. The number of aliphatic hydroxyl groups is 1. The smallest absolute Gasteiger partial charge is 0.219 e. The Balaban J connectivity index is 2.37. The Morgan fingerprint density at radius 3 is 2.75 bits per heavy atom. The van der Waals surface area contributed by atoms with E-state index in [1.54, 1.807) is 36.8 Å². The van der Waals surface area contributed by atoms with Crippen LogP contribution >= 0.6 is 0 Å². The fourth-order valence-corrected chi connectivity index (χ4v) is 1.50. The maximum absolute atomic E-state index is 10.1. The van der Waals surface area contributed by atoms with E-state index < -0.39 is 6.10 Å². The highest BCUT2D eigenvalue weighted by Crippen LogP contribution is 2.27. The van der Waals surface area contributed by atoms with Crippen LogP contribution in [0.15, 0.2) is 42.9 Å². The largest absolute Gasteiger partial charge is 0.481 e. The van der Waals surface area contributed by atoms with Gasteiger partial charge in [-0.05, 0) is 18.2 Å². The minimum atomic E-state index is -0.766. The molecule has 2 aromatic rings. The second-order valence-electron chi connectivity index (χ2n) is 3.29. The fourth-order valence-electron chi connectivity index (χ4n) is 1.50. The molecule has 4 heteroatoms. The van der Waals surface area contributed by atoms with Gasteiger partial charge in [-0.25, -0.2) is 4.98 Å². The van der Waals surface area contributed by atoms with Crippen LogP contribution in [0.3, 0.4) is 0 Å². The number of nitrogens with zero attached hydrogens (tertiary/aromatic N) is 2. The Bertz CT molecular complexity index is 460. The molecule has 0 spiro atoms. The third kappa shape index (κ3) is 2.01. The van der Waals surface area contributed by atoms with Crippen LogP contribution < -0.4 is 4.74 Å². The van der Waals surface area contributed by atoms with Crippen molar-refractivity contribution in [2.24, 2.45) is 0 Å². The summed E-state index contributed by atoms with van der Waals surface area (Å²) in [6, 6.07) is 7.13. The molecule has 0 aliphatic carbocycles. The van der Waals surface area contributed by atoms with Gasteiger partial charge in [-0.15, -0.1) is 0 Å². The van der Waals surface area contributed by atoms with Gasteiger partial charge >= 0.3 is 0 Å². The number of methoxy groups -OCH3 is 1. The molecule has 1 unspecified atom stereocenters. The lowest BCUT2D eigenvalue weighted by molar-refractivity contribution is 0.213. The number of rotatable bonds is 3. The van der Waals surface area contributed by atoms with E-state index in [1.807, 2.05) is 6.07 Å². The van der Waals surface area contributed by atoms with Crippen LogP contribution in [0.4, 0.5) is 0 Å². The van der Waals surface area contributed by atoms with Crippen molar-refractivity contribution < 1.29 is 9.84 Å². The Morgan fingerprint density at radius 2 is 2.06 bits per heavy atom. The highest BCUT2D eigenvalue weighted by molar-refractivity contribution is 5.34. The van der Waals surface area contributed by atoms with E-state index in [9.17, 15) is 5.11 Å². The normalized spacial score (nSPS) is 12.1. The molecule has 1 N–H and O–H groups in total. The highest BCUT2D eigenvalue weighted by atomic mass is 16.5. The molecule has 2 heterocycles. The molecule has 0 aliphatic heterocycles. The van der Waals surface area contributed by atoms with Gasteiger partial charge in [0.05, 0.1) is 7.11 Å². The van der Waals surface area contributed by atoms with Gasteiger partial charge in [-0.3, -0.25) is 4.98 Å². The van der Waals surface area contributed by atoms with E-state index in [2.05, 4.69) is 9.97 Å². The van der Waals surface area contributed by atoms with Crippen LogP contribution in [0.25, 0.3) is 0 Å². The van der Waals surface area contributed by atoms with Gasteiger partial charge in [-0.2, -0.15) is 0 Å². The average Bonchev–Trinajstić information content (AvgIpc) is 2.39. The van der Waals surface area contributed by atoms with Gasteiger partial charge in [0.25, 0.3) is 0 Å². The summed E-state index contributed by atoms with van der Waals surface area (Å²) < 4.78 is 5.10. The summed E-state index contributed by atoms with van der Waals surface area (Å²) in [7, 11) is 1.53. The van der Waals surface area contributed by atoms with Gasteiger partial charge < -0.3 is 9.84 Å². The second kappa shape index (κ2) is 4.72. The predicted molar refractivity (Wildman–Crippen MR) is 59.1 cm³/mol. The van der Waals surface area contributed by atoms with Crippen molar-refractivity contribution in [2.75, 3.05) is 7.11 Å². The van der Waals surface area contributed by atoms with Crippen molar-refractivity contribution in [3.63, 3.8) is 0 Å². The lowest BCUT2D eigenvalue weighted by Crippen LogP contribution is -2.03. The molecule has 0 fully saturated rings. The Labute approximate surface area is 93.6 Å². The van der Waals surface area contributed by atoms with E-state index in [4.69, 9.17) is 4.74 Å². The molecular weight excluding hydrogens is 204 g/mol. The summed E-state index contributed by atoms with van der Waals surface area (Å²) in [4.78, 5) is 8.01. The summed E-state index contributed by atoms with van der Waals surface area (Å²) in [6.07, 6.45) is 4.14. The molecule has 0 aliphatic rings. The van der Waals surface area contributed by atoms with Crippen molar-refractivity contribution in [3.05, 3.63) is 54.0 Å². The maximum Gasteiger partial charge on any atom is 0.219 e. The zero-order valence-corrected chi connectivity index (χ0v) is 8.87. The Morgan fingerprint density at radius 1 is 1.25 bits per heavy atom. The standard InChI is InChI=1S/C12H12N2O2/c1-16-12-10(5-3-7-14-12)11(15)9-4-2-6-13-8-9/h2-8,11,15H,1H3. The van der Waals surface area contributed by atoms with Crippen molar-refractivity contribution in [3.8, 4) is 5.88 Å². The molecule has 4 nitrogen and oxygen atoms in total. The van der Waals surface area contributed by atoms with Crippen molar-refractivity contribution >= 4 is 0 Å². The van der Waals surface area contributed by atoms with E-state index >= 15 is 0 Å². The van der Waals surface area contributed by atoms with E-state index in [0.717, 1.165) is 0 Å². The summed E-state index contributed by atoms with van der Waals surface area (Å²) >= 11 is 0. The molecule has 16 heavy (non-hydrogen) atoms. The molecule has 0 radical (unpaired) electrons. The first kappa shape index (κ1) is 10.6. The summed E-state index contributed by atoms with van der Waals surface area (Å²) in [5, 5.41) is 10.1. The number of aliphatic hydroxyl groups excluding tert-OH is 1. The molecule has 2 aromatic heterocycles. The topological polar surface area (TPSA) is 55.2 Å². The minimum absolute atomic E-state index is 0.429. The predicted octanol–water partition coefficient (Wildman–Crippen LogP) is 1.57. The van der Waals surface area contributed by atoms with Gasteiger partial charge in [0.1, 0.15) is 6.10 Å². The first-order valence-electron chi connectivity index (χ1n) is 4.90. The van der Waals surface area contributed by atoms with E-state index in [1.165, 1.54) is 7.11 Å². The quantitative estimate of drug-likeness (QED) is 0.846. The monoisotopic (exact) mass is 216 g/mol. The first-order chi connectivity index (χ1) is 7.83. The number of hydrogen-bond acceptors (Lipinski definition) is 4. The van der Waals surface area contributed by atoms with Gasteiger partial charge in [0, 0.05) is 29.7 Å². The molecule has 2 rings (SSSR count). The third-order valence-electron chi connectivity index (χ3n) is 2.29.